The van der Waals surface area contributed by atoms with E-state index >= 15 is 0 Å². The third-order valence-corrected chi connectivity index (χ3v) is 5.83. The van der Waals surface area contributed by atoms with Crippen LogP contribution in [-0.4, -0.2) is 20.5 Å². The number of rotatable bonds is 7. The molecule has 21 heavy (non-hydrogen) atoms. The summed E-state index contributed by atoms with van der Waals surface area (Å²) in [5.74, 6) is 0. The van der Waals surface area contributed by atoms with Gasteiger partial charge >= 0.3 is 0 Å². The molecule has 118 valence electrons. The van der Waals surface area contributed by atoms with Gasteiger partial charge in [0.15, 0.2) is 0 Å². The summed E-state index contributed by atoms with van der Waals surface area (Å²) >= 11 is 0. The van der Waals surface area contributed by atoms with Crippen LogP contribution in [0.25, 0.3) is 0 Å². The number of hydrogen-bond donors (Lipinski definition) is 2. The molecule has 0 heterocycles. The van der Waals surface area contributed by atoms with Crippen molar-refractivity contribution >= 4 is 10.0 Å². The average Bonchev–Trinajstić information content (AvgIpc) is 3.08. The molecule has 0 bridgehead atoms. The van der Waals surface area contributed by atoms with E-state index in [0.717, 1.165) is 42.5 Å². The Morgan fingerprint density at radius 3 is 2.43 bits per heavy atom. The molecule has 0 unspecified atom stereocenters. The molecule has 5 heteroatoms. The number of hydrogen-bond acceptors (Lipinski definition) is 3. The van der Waals surface area contributed by atoms with Crippen LogP contribution in [0.4, 0.5) is 0 Å². The van der Waals surface area contributed by atoms with Crippen molar-refractivity contribution < 1.29 is 8.42 Å². The van der Waals surface area contributed by atoms with E-state index in [-0.39, 0.29) is 5.54 Å². The lowest BCUT2D eigenvalue weighted by Gasteiger charge is -2.16. The minimum absolute atomic E-state index is 0.239. The van der Waals surface area contributed by atoms with Gasteiger partial charge in [-0.1, -0.05) is 13.0 Å². The standard InChI is InChI=1S/C16H26N2O2S/c1-5-8-17-11-14-10-15(13(3)9-12(14)2)21(19,20)18-16(4)6-7-16/h9-10,17-18H,5-8,11H2,1-4H3. The van der Waals surface area contributed by atoms with E-state index in [1.807, 2.05) is 32.9 Å². The second kappa shape index (κ2) is 6.07. The average molecular weight is 310 g/mol. The molecule has 0 aliphatic heterocycles. The summed E-state index contributed by atoms with van der Waals surface area (Å²) in [6.07, 6.45) is 2.90. The summed E-state index contributed by atoms with van der Waals surface area (Å²) in [5.41, 5.74) is 2.75. The van der Waals surface area contributed by atoms with E-state index in [1.54, 1.807) is 0 Å². The molecule has 2 rings (SSSR count). The van der Waals surface area contributed by atoms with Gasteiger partial charge in [0, 0.05) is 12.1 Å². The summed E-state index contributed by atoms with van der Waals surface area (Å²) in [6, 6.07) is 3.79. The fourth-order valence-electron chi connectivity index (χ4n) is 2.42. The summed E-state index contributed by atoms with van der Waals surface area (Å²) in [4.78, 5) is 0.412. The fraction of sp³-hybridized carbons (Fsp3) is 0.625. The topological polar surface area (TPSA) is 58.2 Å². The lowest BCUT2D eigenvalue weighted by molar-refractivity contribution is 0.557. The molecule has 1 aromatic rings. The molecule has 1 aliphatic carbocycles. The van der Waals surface area contributed by atoms with Gasteiger partial charge in [-0.2, -0.15) is 0 Å². The zero-order valence-electron chi connectivity index (χ0n) is 13.4. The second-order valence-corrected chi connectivity index (χ2v) is 8.04. The van der Waals surface area contributed by atoms with Crippen molar-refractivity contribution in [3.8, 4) is 0 Å². The summed E-state index contributed by atoms with van der Waals surface area (Å²) < 4.78 is 28.0. The zero-order valence-corrected chi connectivity index (χ0v) is 14.2. The van der Waals surface area contributed by atoms with Crippen LogP contribution in [0.5, 0.6) is 0 Å². The van der Waals surface area contributed by atoms with Gasteiger partial charge in [-0.05, 0) is 69.3 Å². The van der Waals surface area contributed by atoms with Crippen LogP contribution in [0.3, 0.4) is 0 Å². The maximum absolute atomic E-state index is 12.6. The zero-order chi connectivity index (χ0) is 15.7. The van der Waals surface area contributed by atoms with Crippen LogP contribution in [0, 0.1) is 13.8 Å². The van der Waals surface area contributed by atoms with E-state index in [0.29, 0.717) is 11.4 Å². The fourth-order valence-corrected chi connectivity index (χ4v) is 4.17. The second-order valence-electron chi connectivity index (χ2n) is 6.39. The highest BCUT2D eigenvalue weighted by atomic mass is 32.2. The summed E-state index contributed by atoms with van der Waals surface area (Å²) in [6.45, 7) is 9.61. The minimum Gasteiger partial charge on any atom is -0.313 e. The molecule has 0 saturated heterocycles. The maximum atomic E-state index is 12.6. The first-order chi connectivity index (χ1) is 9.77. The molecule has 0 aromatic heterocycles. The van der Waals surface area contributed by atoms with Gasteiger partial charge in [0.05, 0.1) is 4.90 Å². The van der Waals surface area contributed by atoms with E-state index in [4.69, 9.17) is 0 Å². The quantitative estimate of drug-likeness (QED) is 0.761. The summed E-state index contributed by atoms with van der Waals surface area (Å²) in [7, 11) is -3.43. The highest BCUT2D eigenvalue weighted by molar-refractivity contribution is 7.89. The van der Waals surface area contributed by atoms with E-state index in [9.17, 15) is 8.42 Å². The van der Waals surface area contributed by atoms with Crippen LogP contribution in [-0.2, 0) is 16.6 Å². The Morgan fingerprint density at radius 1 is 1.19 bits per heavy atom. The monoisotopic (exact) mass is 310 g/mol. The van der Waals surface area contributed by atoms with Crippen molar-refractivity contribution in [3.63, 3.8) is 0 Å². The van der Waals surface area contributed by atoms with Crippen molar-refractivity contribution in [2.45, 2.75) is 63.9 Å². The van der Waals surface area contributed by atoms with Crippen molar-refractivity contribution in [2.24, 2.45) is 0 Å². The molecule has 1 fully saturated rings. The van der Waals surface area contributed by atoms with Crippen molar-refractivity contribution in [1.82, 2.24) is 10.0 Å². The molecule has 4 nitrogen and oxygen atoms in total. The Morgan fingerprint density at radius 2 is 1.86 bits per heavy atom. The Kier molecular flexibility index (Phi) is 4.76. The number of benzene rings is 1. The maximum Gasteiger partial charge on any atom is 0.241 e. The van der Waals surface area contributed by atoms with Gasteiger partial charge in [-0.25, -0.2) is 13.1 Å². The highest BCUT2D eigenvalue weighted by Gasteiger charge is 2.41. The van der Waals surface area contributed by atoms with E-state index in [1.165, 1.54) is 0 Å². The normalized spacial score (nSPS) is 17.0. The lowest BCUT2D eigenvalue weighted by Crippen LogP contribution is -2.34. The van der Waals surface area contributed by atoms with E-state index < -0.39 is 10.0 Å². The van der Waals surface area contributed by atoms with Crippen LogP contribution in [0.15, 0.2) is 17.0 Å². The molecule has 0 spiro atoms. The first kappa shape index (κ1) is 16.5. The van der Waals surface area contributed by atoms with Gasteiger partial charge in [-0.15, -0.1) is 0 Å². The molecular formula is C16H26N2O2S. The Balaban J connectivity index is 2.27. The smallest absolute Gasteiger partial charge is 0.241 e. The van der Waals surface area contributed by atoms with Gasteiger partial charge in [0.2, 0.25) is 10.0 Å². The Hall–Kier alpha value is -0.910. The molecule has 0 atom stereocenters. The lowest BCUT2D eigenvalue weighted by atomic mass is 10.1. The molecule has 1 aliphatic rings. The largest absolute Gasteiger partial charge is 0.313 e. The Bertz CT molecular complexity index is 619. The molecular weight excluding hydrogens is 284 g/mol. The van der Waals surface area contributed by atoms with E-state index in [2.05, 4.69) is 17.0 Å². The van der Waals surface area contributed by atoms with Crippen molar-refractivity contribution in [3.05, 3.63) is 28.8 Å². The Labute approximate surface area is 128 Å². The van der Waals surface area contributed by atoms with Crippen LogP contribution in [0.2, 0.25) is 0 Å². The minimum atomic E-state index is -3.43. The number of nitrogens with one attached hydrogen (secondary N) is 2. The van der Waals surface area contributed by atoms with Crippen LogP contribution in [0.1, 0.15) is 49.8 Å². The van der Waals surface area contributed by atoms with Crippen LogP contribution < -0.4 is 10.0 Å². The first-order valence-corrected chi connectivity index (χ1v) is 9.10. The van der Waals surface area contributed by atoms with Crippen molar-refractivity contribution in [1.29, 1.82) is 0 Å². The molecule has 1 aromatic carbocycles. The number of aryl methyl sites for hydroxylation is 2. The van der Waals surface area contributed by atoms with Gasteiger partial charge in [0.1, 0.15) is 0 Å². The molecule has 0 radical (unpaired) electrons. The highest BCUT2D eigenvalue weighted by Crippen LogP contribution is 2.36. The van der Waals surface area contributed by atoms with Gasteiger partial charge < -0.3 is 5.32 Å². The third-order valence-electron chi connectivity index (χ3n) is 4.05. The summed E-state index contributed by atoms with van der Waals surface area (Å²) in [5, 5.41) is 3.34. The molecule has 2 N–H and O–H groups in total. The van der Waals surface area contributed by atoms with Crippen LogP contribution >= 0.6 is 0 Å². The van der Waals surface area contributed by atoms with Gasteiger partial charge in [0.25, 0.3) is 0 Å². The molecule has 0 amide bonds. The predicted octanol–water partition coefficient (Wildman–Crippen LogP) is 2.63. The molecule has 1 saturated carbocycles. The first-order valence-electron chi connectivity index (χ1n) is 7.62. The SMILES string of the molecule is CCCNCc1cc(S(=O)(=O)NC2(C)CC2)c(C)cc1C. The van der Waals surface area contributed by atoms with Crippen molar-refractivity contribution in [2.75, 3.05) is 6.54 Å². The predicted molar refractivity (Wildman–Crippen MR) is 85.9 cm³/mol. The third kappa shape index (κ3) is 4.05. The van der Waals surface area contributed by atoms with Gasteiger partial charge in [-0.3, -0.25) is 0 Å². The number of sulfonamides is 1.